The van der Waals surface area contributed by atoms with Crippen molar-refractivity contribution in [1.82, 2.24) is 0 Å². The van der Waals surface area contributed by atoms with Gasteiger partial charge in [-0.1, -0.05) is 19.1 Å². The van der Waals surface area contributed by atoms with Gasteiger partial charge >= 0.3 is 6.18 Å². The van der Waals surface area contributed by atoms with Crippen LogP contribution >= 0.6 is 0 Å². The summed E-state index contributed by atoms with van der Waals surface area (Å²) in [6.07, 6.45) is -2.17. The van der Waals surface area contributed by atoms with Gasteiger partial charge < -0.3 is 15.5 Å². The topological polar surface area (TPSA) is 44.4 Å². The van der Waals surface area contributed by atoms with E-state index in [0.717, 1.165) is 36.4 Å². The largest absolute Gasteiger partial charge is 0.418 e. The highest BCUT2D eigenvalue weighted by atomic mass is 19.4. The average Bonchev–Trinajstić information content (AvgIpc) is 2.69. The maximum absolute atomic E-state index is 13.1. The first-order chi connectivity index (χ1) is 13.7. The van der Waals surface area contributed by atoms with Crippen LogP contribution in [0.15, 0.2) is 48.5 Å². The van der Waals surface area contributed by atoms with Gasteiger partial charge in [0.2, 0.25) is 5.91 Å². The van der Waals surface area contributed by atoms with Crippen molar-refractivity contribution in [1.29, 1.82) is 0 Å². The fourth-order valence-corrected chi connectivity index (χ4v) is 3.43. The van der Waals surface area contributed by atoms with Crippen LogP contribution in [0.2, 0.25) is 0 Å². The van der Waals surface area contributed by atoms with Gasteiger partial charge in [0.25, 0.3) is 0 Å². The second-order valence-corrected chi connectivity index (χ2v) is 7.62. The minimum absolute atomic E-state index is 0.242. The molecule has 1 unspecified atom stereocenters. The van der Waals surface area contributed by atoms with Crippen molar-refractivity contribution in [3.8, 4) is 0 Å². The summed E-state index contributed by atoms with van der Waals surface area (Å²) in [5, 5.41) is 5.42. The number of rotatable bonds is 5. The molecule has 0 bridgehead atoms. The minimum atomic E-state index is -4.53. The first kappa shape index (κ1) is 21.0. The van der Waals surface area contributed by atoms with Crippen molar-refractivity contribution in [3.05, 3.63) is 54.1 Å². The van der Waals surface area contributed by atoms with E-state index in [4.69, 9.17) is 0 Å². The van der Waals surface area contributed by atoms with Crippen LogP contribution < -0.4 is 15.5 Å². The van der Waals surface area contributed by atoms with Crippen molar-refractivity contribution >= 4 is 23.0 Å². The number of hydrogen-bond acceptors (Lipinski definition) is 3. The monoisotopic (exact) mass is 405 g/mol. The Balaban J connectivity index is 1.60. The molecule has 0 spiro atoms. The predicted molar refractivity (Wildman–Crippen MR) is 110 cm³/mol. The molecule has 1 saturated heterocycles. The second-order valence-electron chi connectivity index (χ2n) is 7.62. The van der Waals surface area contributed by atoms with Crippen LogP contribution in [-0.4, -0.2) is 25.0 Å². The molecule has 0 saturated carbocycles. The van der Waals surface area contributed by atoms with E-state index < -0.39 is 23.7 Å². The predicted octanol–water partition coefficient (Wildman–Crippen LogP) is 5.38. The van der Waals surface area contributed by atoms with Gasteiger partial charge in [0, 0.05) is 24.5 Å². The molecule has 29 heavy (non-hydrogen) atoms. The van der Waals surface area contributed by atoms with Gasteiger partial charge in [0.05, 0.1) is 11.3 Å². The summed E-state index contributed by atoms with van der Waals surface area (Å²) in [5.74, 6) is 0.227. The quantitative estimate of drug-likeness (QED) is 0.702. The molecule has 2 N–H and O–H groups in total. The summed E-state index contributed by atoms with van der Waals surface area (Å²) in [7, 11) is 0. The van der Waals surface area contributed by atoms with Crippen molar-refractivity contribution in [2.75, 3.05) is 28.6 Å². The minimum Gasteiger partial charge on any atom is -0.374 e. The third-order valence-electron chi connectivity index (χ3n) is 5.28. The highest BCUT2D eigenvalue weighted by Crippen LogP contribution is 2.34. The molecular formula is C22H26F3N3O. The van der Waals surface area contributed by atoms with E-state index >= 15 is 0 Å². The smallest absolute Gasteiger partial charge is 0.374 e. The molecule has 0 aliphatic carbocycles. The van der Waals surface area contributed by atoms with Crippen LogP contribution in [0, 0.1) is 5.92 Å². The molecule has 7 heteroatoms. The fourth-order valence-electron chi connectivity index (χ4n) is 3.43. The van der Waals surface area contributed by atoms with Gasteiger partial charge in [0.1, 0.15) is 6.04 Å². The standard InChI is InChI=1S/C22H26F3N3O/c1-15-11-13-28(14-12-15)18-9-7-17(8-10-18)26-16(2)21(29)27-20-6-4-3-5-19(20)22(23,24)25/h3-10,15-16,26H,11-14H2,1-2H3,(H,27,29). The Hall–Kier alpha value is -2.70. The van der Waals surface area contributed by atoms with Gasteiger partial charge in [-0.05, 0) is 62.1 Å². The van der Waals surface area contributed by atoms with Crippen LogP contribution in [-0.2, 0) is 11.0 Å². The number of anilines is 3. The van der Waals surface area contributed by atoms with E-state index in [1.165, 1.54) is 31.0 Å². The SMILES string of the molecule is CC1CCN(c2ccc(NC(C)C(=O)Nc3ccccc3C(F)(F)F)cc2)CC1. The lowest BCUT2D eigenvalue weighted by molar-refractivity contribution is -0.137. The van der Waals surface area contributed by atoms with E-state index in [-0.39, 0.29) is 5.69 Å². The lowest BCUT2D eigenvalue weighted by Gasteiger charge is -2.32. The van der Waals surface area contributed by atoms with Gasteiger partial charge in [-0.15, -0.1) is 0 Å². The molecule has 0 radical (unpaired) electrons. The van der Waals surface area contributed by atoms with E-state index in [0.29, 0.717) is 0 Å². The molecule has 1 heterocycles. The Bertz CT molecular complexity index is 828. The Morgan fingerprint density at radius 1 is 1.07 bits per heavy atom. The van der Waals surface area contributed by atoms with Gasteiger partial charge in [-0.2, -0.15) is 13.2 Å². The lowest BCUT2D eigenvalue weighted by Crippen LogP contribution is -2.33. The molecule has 1 amide bonds. The number of nitrogens with one attached hydrogen (secondary N) is 2. The summed E-state index contributed by atoms with van der Waals surface area (Å²) < 4.78 is 39.3. The van der Waals surface area contributed by atoms with Crippen LogP contribution in [0.4, 0.5) is 30.2 Å². The van der Waals surface area contributed by atoms with E-state index in [9.17, 15) is 18.0 Å². The molecule has 1 aliphatic heterocycles. The number of piperidine rings is 1. The Morgan fingerprint density at radius 3 is 2.31 bits per heavy atom. The summed E-state index contributed by atoms with van der Waals surface area (Å²) in [6.45, 7) is 5.95. The molecule has 1 fully saturated rings. The van der Waals surface area contributed by atoms with Crippen LogP contribution in [0.1, 0.15) is 32.3 Å². The summed E-state index contributed by atoms with van der Waals surface area (Å²) in [5.41, 5.74) is 0.777. The summed E-state index contributed by atoms with van der Waals surface area (Å²) in [4.78, 5) is 14.7. The molecule has 3 rings (SSSR count). The Labute approximate surface area is 169 Å². The van der Waals surface area contributed by atoms with Crippen molar-refractivity contribution in [2.24, 2.45) is 5.92 Å². The van der Waals surface area contributed by atoms with Crippen molar-refractivity contribution < 1.29 is 18.0 Å². The highest BCUT2D eigenvalue weighted by molar-refractivity contribution is 5.97. The molecular weight excluding hydrogens is 379 g/mol. The second kappa shape index (κ2) is 8.76. The highest BCUT2D eigenvalue weighted by Gasteiger charge is 2.33. The summed E-state index contributed by atoms with van der Waals surface area (Å²) >= 11 is 0. The fraction of sp³-hybridized carbons (Fsp3) is 0.409. The lowest BCUT2D eigenvalue weighted by atomic mass is 9.99. The van der Waals surface area contributed by atoms with E-state index in [2.05, 4.69) is 22.5 Å². The normalized spacial score (nSPS) is 16.4. The number of hydrogen-bond donors (Lipinski definition) is 2. The number of nitrogens with zero attached hydrogens (tertiary/aromatic N) is 1. The number of carbonyl (C=O) groups excluding carboxylic acids is 1. The average molecular weight is 405 g/mol. The van der Waals surface area contributed by atoms with Gasteiger partial charge in [-0.3, -0.25) is 4.79 Å². The van der Waals surface area contributed by atoms with Crippen molar-refractivity contribution in [2.45, 2.75) is 38.9 Å². The zero-order valence-corrected chi connectivity index (χ0v) is 16.6. The first-order valence-corrected chi connectivity index (χ1v) is 9.82. The molecule has 0 aromatic heterocycles. The van der Waals surface area contributed by atoms with E-state index in [1.807, 2.05) is 24.3 Å². The molecule has 2 aromatic rings. The summed E-state index contributed by atoms with van der Waals surface area (Å²) in [6, 6.07) is 12.0. The van der Waals surface area contributed by atoms with Crippen LogP contribution in [0.25, 0.3) is 0 Å². The van der Waals surface area contributed by atoms with E-state index in [1.54, 1.807) is 6.92 Å². The number of benzene rings is 2. The maximum Gasteiger partial charge on any atom is 0.418 e. The van der Waals surface area contributed by atoms with Gasteiger partial charge in [-0.25, -0.2) is 0 Å². The molecule has 4 nitrogen and oxygen atoms in total. The third kappa shape index (κ3) is 5.43. The molecule has 1 atom stereocenters. The number of alkyl halides is 3. The van der Waals surface area contributed by atoms with Crippen LogP contribution in [0.3, 0.4) is 0 Å². The zero-order valence-electron chi connectivity index (χ0n) is 16.6. The van der Waals surface area contributed by atoms with Crippen LogP contribution in [0.5, 0.6) is 0 Å². The molecule has 1 aliphatic rings. The van der Waals surface area contributed by atoms with Crippen molar-refractivity contribution in [3.63, 3.8) is 0 Å². The zero-order chi connectivity index (χ0) is 21.0. The maximum atomic E-state index is 13.1. The Kier molecular flexibility index (Phi) is 6.35. The third-order valence-corrected chi connectivity index (χ3v) is 5.28. The number of carbonyl (C=O) groups is 1. The Morgan fingerprint density at radius 2 is 1.69 bits per heavy atom. The number of amides is 1. The van der Waals surface area contributed by atoms with Gasteiger partial charge in [0.15, 0.2) is 0 Å². The first-order valence-electron chi connectivity index (χ1n) is 9.82. The number of para-hydroxylation sites is 1. The number of halogens is 3. The molecule has 156 valence electrons. The molecule has 2 aromatic carbocycles.